The maximum atomic E-state index is 5.64. The normalized spacial score (nSPS) is 19.5. The number of hydrogen-bond acceptors (Lipinski definition) is 1. The Morgan fingerprint density at radius 1 is 1.14 bits per heavy atom. The highest BCUT2D eigenvalue weighted by atomic mass is 16.5. The van der Waals surface area contributed by atoms with Crippen LogP contribution in [0.3, 0.4) is 0 Å². The van der Waals surface area contributed by atoms with Gasteiger partial charge >= 0.3 is 0 Å². The molecule has 0 saturated carbocycles. The minimum absolute atomic E-state index is 0.0970. The molecule has 0 unspecified atom stereocenters. The first-order valence-corrected chi connectivity index (χ1v) is 5.00. The van der Waals surface area contributed by atoms with Crippen LogP contribution in [0.4, 0.5) is 0 Å². The molecule has 1 heterocycles. The van der Waals surface area contributed by atoms with Gasteiger partial charge in [-0.25, -0.2) is 0 Å². The molecule has 0 spiro atoms. The van der Waals surface area contributed by atoms with Gasteiger partial charge in [0.1, 0.15) is 0 Å². The highest BCUT2D eigenvalue weighted by Gasteiger charge is 2.23. The summed E-state index contributed by atoms with van der Waals surface area (Å²) in [6.45, 7) is 7.02. The van der Waals surface area contributed by atoms with Crippen LogP contribution in [-0.2, 0) is 4.74 Å². The first-order valence-electron chi connectivity index (χ1n) is 5.00. The molecule has 0 atom stereocenters. The van der Waals surface area contributed by atoms with Crippen LogP contribution in [0.5, 0.6) is 0 Å². The summed E-state index contributed by atoms with van der Waals surface area (Å²) in [6, 6.07) is 8.60. The maximum Gasteiger partial charge on any atom is 0.0817 e. The van der Waals surface area contributed by atoms with Crippen LogP contribution in [0.1, 0.15) is 25.0 Å². The molecule has 0 aromatic heterocycles. The van der Waals surface area contributed by atoms with E-state index in [1.807, 2.05) is 0 Å². The van der Waals surface area contributed by atoms with E-state index in [0.717, 1.165) is 6.61 Å². The fourth-order valence-corrected chi connectivity index (χ4v) is 1.70. The Morgan fingerprint density at radius 2 is 1.79 bits per heavy atom. The number of rotatable bonds is 1. The fourth-order valence-electron chi connectivity index (χ4n) is 1.70. The Balaban J connectivity index is 2.29. The third-order valence-corrected chi connectivity index (χ3v) is 2.54. The number of ether oxygens (including phenoxy) is 1. The van der Waals surface area contributed by atoms with E-state index in [0.29, 0.717) is 0 Å². The highest BCUT2D eigenvalue weighted by Crippen LogP contribution is 2.28. The quantitative estimate of drug-likeness (QED) is 0.657. The van der Waals surface area contributed by atoms with Crippen LogP contribution in [0, 0.1) is 6.92 Å². The minimum Gasteiger partial charge on any atom is -0.367 e. The smallest absolute Gasteiger partial charge is 0.0817 e. The molecule has 0 N–H and O–H groups in total. The summed E-state index contributed by atoms with van der Waals surface area (Å²) in [7, 11) is 0. The molecule has 1 aliphatic heterocycles. The summed E-state index contributed by atoms with van der Waals surface area (Å²) in [6.07, 6.45) is 2.21. The van der Waals surface area contributed by atoms with Crippen molar-refractivity contribution < 1.29 is 4.74 Å². The predicted molar refractivity (Wildman–Crippen MR) is 59.2 cm³/mol. The Kier molecular flexibility index (Phi) is 2.20. The Labute approximate surface area is 85.4 Å². The van der Waals surface area contributed by atoms with Crippen molar-refractivity contribution in [3.8, 4) is 0 Å². The van der Waals surface area contributed by atoms with Gasteiger partial charge in [0.15, 0.2) is 0 Å². The van der Waals surface area contributed by atoms with Crippen molar-refractivity contribution in [2.45, 2.75) is 26.4 Å². The van der Waals surface area contributed by atoms with E-state index in [-0.39, 0.29) is 5.60 Å². The third-order valence-electron chi connectivity index (χ3n) is 2.54. The molecule has 14 heavy (non-hydrogen) atoms. The summed E-state index contributed by atoms with van der Waals surface area (Å²) < 4.78 is 5.64. The van der Waals surface area contributed by atoms with Crippen LogP contribution < -0.4 is 0 Å². The van der Waals surface area contributed by atoms with Gasteiger partial charge in [0.05, 0.1) is 12.2 Å². The third kappa shape index (κ3) is 1.88. The van der Waals surface area contributed by atoms with E-state index >= 15 is 0 Å². The molecule has 1 aromatic rings. The SMILES string of the molecule is Cc1ccc(C2=CC(C)(C)OC2)cc1. The standard InChI is InChI=1S/C13H16O/c1-10-4-6-11(7-5-10)12-8-13(2,3)14-9-12/h4-8H,9H2,1-3H3. The molecule has 0 aliphatic carbocycles. The molecule has 0 fully saturated rings. The zero-order valence-electron chi connectivity index (χ0n) is 9.00. The summed E-state index contributed by atoms with van der Waals surface area (Å²) >= 11 is 0. The van der Waals surface area contributed by atoms with Crippen LogP contribution in [-0.4, -0.2) is 12.2 Å². The average molecular weight is 188 g/mol. The lowest BCUT2D eigenvalue weighted by atomic mass is 10.0. The second kappa shape index (κ2) is 3.25. The van der Waals surface area contributed by atoms with Crippen LogP contribution in [0.2, 0.25) is 0 Å². The highest BCUT2D eigenvalue weighted by molar-refractivity contribution is 5.69. The molecule has 1 aliphatic rings. The average Bonchev–Trinajstić information content (AvgIpc) is 2.47. The first-order chi connectivity index (χ1) is 6.57. The molecule has 0 amide bonds. The van der Waals surface area contributed by atoms with Crippen molar-refractivity contribution in [1.29, 1.82) is 0 Å². The van der Waals surface area contributed by atoms with E-state index in [9.17, 15) is 0 Å². The van der Waals surface area contributed by atoms with Crippen molar-refractivity contribution in [1.82, 2.24) is 0 Å². The van der Waals surface area contributed by atoms with Crippen molar-refractivity contribution in [3.05, 3.63) is 41.5 Å². The van der Waals surface area contributed by atoms with E-state index in [1.165, 1.54) is 16.7 Å². The van der Waals surface area contributed by atoms with Gasteiger partial charge in [0, 0.05) is 0 Å². The van der Waals surface area contributed by atoms with E-state index < -0.39 is 0 Å². The molecule has 74 valence electrons. The Hall–Kier alpha value is -1.08. The van der Waals surface area contributed by atoms with Gasteiger partial charge in [-0.1, -0.05) is 29.8 Å². The molecular formula is C13H16O. The summed E-state index contributed by atoms with van der Waals surface area (Å²) in [4.78, 5) is 0. The Bertz CT molecular complexity index is 357. The fraction of sp³-hybridized carbons (Fsp3) is 0.385. The minimum atomic E-state index is -0.0970. The van der Waals surface area contributed by atoms with Gasteiger partial charge in [0.2, 0.25) is 0 Å². The van der Waals surface area contributed by atoms with Crippen molar-refractivity contribution in [2.24, 2.45) is 0 Å². The number of benzene rings is 1. The van der Waals surface area contributed by atoms with Crippen molar-refractivity contribution >= 4 is 5.57 Å². The lowest BCUT2D eigenvalue weighted by Gasteiger charge is -2.12. The molecule has 1 aromatic carbocycles. The largest absolute Gasteiger partial charge is 0.367 e. The van der Waals surface area contributed by atoms with Crippen molar-refractivity contribution in [2.75, 3.05) is 6.61 Å². The van der Waals surface area contributed by atoms with Crippen molar-refractivity contribution in [3.63, 3.8) is 0 Å². The van der Waals surface area contributed by atoms with Crippen LogP contribution in [0.25, 0.3) is 5.57 Å². The molecule has 1 nitrogen and oxygen atoms in total. The van der Waals surface area contributed by atoms with Crippen LogP contribution >= 0.6 is 0 Å². The monoisotopic (exact) mass is 188 g/mol. The lowest BCUT2D eigenvalue weighted by Crippen LogP contribution is -2.15. The van der Waals surface area contributed by atoms with Gasteiger partial charge in [-0.2, -0.15) is 0 Å². The Morgan fingerprint density at radius 3 is 2.29 bits per heavy atom. The van der Waals surface area contributed by atoms with Gasteiger partial charge in [-0.05, 0) is 38.0 Å². The maximum absolute atomic E-state index is 5.64. The molecular weight excluding hydrogens is 172 g/mol. The summed E-state index contributed by atoms with van der Waals surface area (Å²) in [5.74, 6) is 0. The topological polar surface area (TPSA) is 9.23 Å². The molecule has 1 heteroatoms. The van der Waals surface area contributed by atoms with Gasteiger partial charge in [0.25, 0.3) is 0 Å². The number of aryl methyl sites for hydroxylation is 1. The molecule has 2 rings (SSSR count). The predicted octanol–water partition coefficient (Wildman–Crippen LogP) is 3.19. The second-order valence-electron chi connectivity index (χ2n) is 4.43. The number of hydrogen-bond donors (Lipinski definition) is 0. The van der Waals surface area contributed by atoms with E-state index in [4.69, 9.17) is 4.74 Å². The molecule has 0 radical (unpaired) electrons. The van der Waals surface area contributed by atoms with E-state index in [1.54, 1.807) is 0 Å². The zero-order chi connectivity index (χ0) is 10.2. The summed E-state index contributed by atoms with van der Waals surface area (Å²) in [5, 5.41) is 0. The molecule has 0 bridgehead atoms. The van der Waals surface area contributed by atoms with Gasteiger partial charge in [-0.3, -0.25) is 0 Å². The molecule has 0 saturated heterocycles. The lowest BCUT2D eigenvalue weighted by molar-refractivity contribution is 0.0591. The van der Waals surface area contributed by atoms with Gasteiger partial charge in [-0.15, -0.1) is 0 Å². The zero-order valence-corrected chi connectivity index (χ0v) is 9.00. The second-order valence-corrected chi connectivity index (χ2v) is 4.43. The first kappa shape index (κ1) is 9.47. The van der Waals surface area contributed by atoms with Gasteiger partial charge < -0.3 is 4.74 Å². The van der Waals surface area contributed by atoms with Crippen LogP contribution in [0.15, 0.2) is 30.3 Å². The van der Waals surface area contributed by atoms with E-state index in [2.05, 4.69) is 51.1 Å². The summed E-state index contributed by atoms with van der Waals surface area (Å²) in [5.41, 5.74) is 3.78.